The molecule has 26 heavy (non-hydrogen) atoms. The second-order valence-electron chi connectivity index (χ2n) is 6.64. The van der Waals surface area contributed by atoms with Crippen molar-refractivity contribution < 1.29 is 9.90 Å². The largest absolute Gasteiger partial charge is 0.454 e. The van der Waals surface area contributed by atoms with Crippen LogP contribution < -0.4 is 9.80 Å². The quantitative estimate of drug-likeness (QED) is 0.471. The molecule has 130 valence electrons. The minimum Gasteiger partial charge on any atom is -0.454 e. The highest BCUT2D eigenvalue weighted by Gasteiger charge is 2.32. The zero-order valence-corrected chi connectivity index (χ0v) is 14.7. The maximum absolute atomic E-state index is 8.65. The van der Waals surface area contributed by atoms with E-state index in [1.165, 1.54) is 6.92 Å². The third-order valence-corrected chi connectivity index (χ3v) is 4.99. The molecule has 1 atom stereocenters. The molecule has 0 saturated heterocycles. The fourth-order valence-electron chi connectivity index (χ4n) is 3.76. The van der Waals surface area contributed by atoms with Crippen LogP contribution >= 0.6 is 0 Å². The number of benzene rings is 2. The SMILES string of the molecule is [2H]C([2H])([2H])C([2H])(C)N1CN(c2c(C)ccc3c2oc2ccccc23)c2ncccc21. The van der Waals surface area contributed by atoms with E-state index in [9.17, 15) is 0 Å². The van der Waals surface area contributed by atoms with Gasteiger partial charge in [-0.1, -0.05) is 30.3 Å². The van der Waals surface area contributed by atoms with Crippen molar-refractivity contribution in [2.45, 2.75) is 26.7 Å². The molecule has 0 saturated carbocycles. The van der Waals surface area contributed by atoms with Gasteiger partial charge in [-0.25, -0.2) is 4.98 Å². The number of hydrogen-bond donors (Lipinski definition) is 0. The van der Waals surface area contributed by atoms with E-state index in [0.29, 0.717) is 11.5 Å². The first kappa shape index (κ1) is 11.6. The Morgan fingerprint density at radius 2 is 2.04 bits per heavy atom. The van der Waals surface area contributed by atoms with Gasteiger partial charge in [0.2, 0.25) is 0 Å². The molecule has 0 fully saturated rings. The Morgan fingerprint density at radius 1 is 1.15 bits per heavy atom. The van der Waals surface area contributed by atoms with Gasteiger partial charge in [-0.2, -0.15) is 0 Å². The molecule has 0 amide bonds. The molecule has 2 aromatic carbocycles. The Bertz CT molecular complexity index is 1280. The number of aromatic nitrogens is 1. The zero-order valence-electron chi connectivity index (χ0n) is 18.7. The van der Waals surface area contributed by atoms with Crippen molar-refractivity contribution >= 4 is 39.1 Å². The minimum atomic E-state index is -2.49. The van der Waals surface area contributed by atoms with Crippen LogP contribution in [0, 0.1) is 6.92 Å². The fraction of sp³-hybridized carbons (Fsp3) is 0.227. The number of pyridine rings is 1. The van der Waals surface area contributed by atoms with Crippen LogP contribution in [0.1, 0.15) is 24.8 Å². The van der Waals surface area contributed by atoms with Gasteiger partial charge >= 0.3 is 0 Å². The first-order valence-electron chi connectivity index (χ1n) is 10.6. The Balaban J connectivity index is 1.74. The summed E-state index contributed by atoms with van der Waals surface area (Å²) < 4.78 is 38.6. The van der Waals surface area contributed by atoms with Gasteiger partial charge in [-0.15, -0.1) is 0 Å². The maximum atomic E-state index is 8.65. The molecule has 0 bridgehead atoms. The van der Waals surface area contributed by atoms with Crippen molar-refractivity contribution in [3.63, 3.8) is 0 Å². The normalized spacial score (nSPS) is 19.0. The molecular formula is C22H21N3O. The first-order valence-corrected chi connectivity index (χ1v) is 8.61. The van der Waals surface area contributed by atoms with Crippen molar-refractivity contribution in [2.75, 3.05) is 16.5 Å². The molecule has 1 aliphatic heterocycles. The van der Waals surface area contributed by atoms with E-state index in [-0.39, 0.29) is 6.67 Å². The Kier molecular flexibility index (Phi) is 2.45. The summed E-state index contributed by atoms with van der Waals surface area (Å²) in [5.74, 6) is 0.622. The lowest BCUT2D eigenvalue weighted by atomic mass is 10.1. The summed E-state index contributed by atoms with van der Waals surface area (Å²) in [6.45, 7) is 1.13. The molecule has 0 spiro atoms. The Morgan fingerprint density at radius 3 is 2.92 bits per heavy atom. The van der Waals surface area contributed by atoms with E-state index in [0.717, 1.165) is 33.2 Å². The highest BCUT2D eigenvalue weighted by molar-refractivity contribution is 6.10. The number of furan rings is 1. The molecule has 1 aliphatic rings. The van der Waals surface area contributed by atoms with Crippen molar-refractivity contribution in [1.29, 1.82) is 0 Å². The van der Waals surface area contributed by atoms with Crippen LogP contribution in [0.3, 0.4) is 0 Å². The van der Waals surface area contributed by atoms with Gasteiger partial charge in [-0.05, 0) is 44.5 Å². The fourth-order valence-corrected chi connectivity index (χ4v) is 3.76. The van der Waals surface area contributed by atoms with E-state index < -0.39 is 12.9 Å². The number of nitrogens with zero attached hydrogens (tertiary/aromatic N) is 3. The lowest BCUT2D eigenvalue weighted by molar-refractivity contribution is 0.664. The molecule has 4 aromatic rings. The number of rotatable bonds is 2. The van der Waals surface area contributed by atoms with Gasteiger partial charge in [0.05, 0.1) is 19.4 Å². The van der Waals surface area contributed by atoms with Crippen molar-refractivity contribution in [1.82, 2.24) is 4.98 Å². The van der Waals surface area contributed by atoms with Crippen molar-refractivity contribution in [3.8, 4) is 0 Å². The molecule has 4 nitrogen and oxygen atoms in total. The summed E-state index contributed by atoms with van der Waals surface area (Å²) in [6, 6.07) is 13.7. The average molecular weight is 347 g/mol. The zero-order chi connectivity index (χ0) is 21.3. The van der Waals surface area contributed by atoms with Gasteiger partial charge in [0, 0.05) is 27.1 Å². The molecule has 0 radical (unpaired) electrons. The van der Waals surface area contributed by atoms with Crippen LogP contribution in [0.2, 0.25) is 0 Å². The molecule has 5 rings (SSSR count). The van der Waals surface area contributed by atoms with Crippen LogP contribution in [0.25, 0.3) is 21.9 Å². The third-order valence-electron chi connectivity index (χ3n) is 4.99. The topological polar surface area (TPSA) is 32.5 Å². The second kappa shape index (κ2) is 5.49. The summed E-state index contributed by atoms with van der Waals surface area (Å²) in [7, 11) is 0. The van der Waals surface area contributed by atoms with E-state index >= 15 is 0 Å². The molecular weight excluding hydrogens is 322 g/mol. The standard InChI is InChI=1S/C22H21N3O/c1-14(2)24-13-25(22-18(24)8-6-12-23-22)20-15(3)10-11-17-16-7-4-5-9-19(16)26-21(17)20/h4-12,14H,13H2,1-3H3/i1D3,14D. The lowest BCUT2D eigenvalue weighted by Gasteiger charge is -2.25. The highest BCUT2D eigenvalue weighted by Crippen LogP contribution is 2.45. The summed E-state index contributed by atoms with van der Waals surface area (Å²) in [4.78, 5) is 8.08. The molecule has 1 unspecified atom stereocenters. The van der Waals surface area contributed by atoms with Crippen molar-refractivity contribution in [2.24, 2.45) is 0 Å². The van der Waals surface area contributed by atoms with Gasteiger partial charge in [0.1, 0.15) is 5.58 Å². The predicted molar refractivity (Wildman–Crippen MR) is 107 cm³/mol. The number of anilines is 3. The number of fused-ring (bicyclic) bond motifs is 4. The minimum absolute atomic E-state index is 0.196. The van der Waals surface area contributed by atoms with E-state index in [2.05, 4.69) is 4.98 Å². The van der Waals surface area contributed by atoms with Crippen molar-refractivity contribution in [3.05, 3.63) is 60.3 Å². The average Bonchev–Trinajstić information content (AvgIpc) is 3.26. The number of para-hydroxylation sites is 1. The van der Waals surface area contributed by atoms with Gasteiger partial charge in [0.25, 0.3) is 0 Å². The maximum Gasteiger partial charge on any atom is 0.159 e. The summed E-state index contributed by atoms with van der Waals surface area (Å²) in [6.07, 6.45) is 1.68. The van der Waals surface area contributed by atoms with E-state index in [4.69, 9.17) is 9.90 Å². The summed E-state index contributed by atoms with van der Waals surface area (Å²) in [5.41, 5.74) is 3.98. The third kappa shape index (κ3) is 2.05. The monoisotopic (exact) mass is 347 g/mol. The van der Waals surface area contributed by atoms with Gasteiger partial charge < -0.3 is 14.2 Å². The second-order valence-corrected chi connectivity index (χ2v) is 6.64. The van der Waals surface area contributed by atoms with Gasteiger partial charge in [-0.3, -0.25) is 0 Å². The van der Waals surface area contributed by atoms with Crippen LogP contribution in [0.5, 0.6) is 0 Å². The molecule has 3 heterocycles. The molecule has 0 N–H and O–H groups in total. The van der Waals surface area contributed by atoms with E-state index in [1.807, 2.05) is 54.3 Å². The Labute approximate surface area is 158 Å². The smallest absolute Gasteiger partial charge is 0.159 e. The van der Waals surface area contributed by atoms with E-state index in [1.54, 1.807) is 17.2 Å². The molecule has 2 aromatic heterocycles. The van der Waals surface area contributed by atoms with Crippen LogP contribution in [0.15, 0.2) is 59.1 Å². The Hall–Kier alpha value is -3.01. The van der Waals surface area contributed by atoms with Crippen LogP contribution in [-0.4, -0.2) is 17.7 Å². The van der Waals surface area contributed by atoms with Gasteiger partial charge in [0.15, 0.2) is 11.4 Å². The number of aryl methyl sites for hydroxylation is 1. The van der Waals surface area contributed by atoms with Crippen LogP contribution in [-0.2, 0) is 0 Å². The lowest BCUT2D eigenvalue weighted by Crippen LogP contribution is -2.33. The predicted octanol–water partition coefficient (Wildman–Crippen LogP) is 5.61. The molecule has 4 heteroatoms. The first-order chi connectivity index (χ1) is 14.2. The van der Waals surface area contributed by atoms with Crippen LogP contribution in [0.4, 0.5) is 17.2 Å². The number of hydrogen-bond acceptors (Lipinski definition) is 4. The highest BCUT2D eigenvalue weighted by atomic mass is 16.3. The summed E-state index contributed by atoms with van der Waals surface area (Å²) >= 11 is 0. The molecule has 0 aliphatic carbocycles. The summed E-state index contributed by atoms with van der Waals surface area (Å²) in [5, 5.41) is 2.02.